The van der Waals surface area contributed by atoms with Gasteiger partial charge in [-0.15, -0.1) is 0 Å². The van der Waals surface area contributed by atoms with Crippen molar-refractivity contribution < 1.29 is 26.3 Å². The Labute approximate surface area is 169 Å². The summed E-state index contributed by atoms with van der Waals surface area (Å²) in [4.78, 5) is 6.13. The third kappa shape index (κ3) is 5.39. The quantitative estimate of drug-likeness (QED) is 0.708. The van der Waals surface area contributed by atoms with Gasteiger partial charge in [0, 0.05) is 58.6 Å². The molecule has 2 aliphatic heterocycles. The molecule has 164 valence electrons. The second-order valence-corrected chi connectivity index (χ2v) is 9.80. The zero-order valence-electron chi connectivity index (χ0n) is 16.6. The number of likely N-dealkylation sites (tertiary alicyclic amines) is 1. The number of ether oxygens (including phenoxy) is 1. The fourth-order valence-corrected chi connectivity index (χ4v) is 4.95. The van der Waals surface area contributed by atoms with Crippen LogP contribution in [0.1, 0.15) is 31.2 Å². The van der Waals surface area contributed by atoms with E-state index >= 15 is 0 Å². The number of halogens is 3. The van der Waals surface area contributed by atoms with Crippen LogP contribution < -0.4 is 4.74 Å². The first-order valence-electron chi connectivity index (χ1n) is 9.69. The summed E-state index contributed by atoms with van der Waals surface area (Å²) in [6, 6.07) is 2.58. The van der Waals surface area contributed by atoms with Crippen LogP contribution in [-0.4, -0.2) is 79.3 Å². The molecule has 0 bridgehead atoms. The number of nitrogens with zero attached hydrogens (tertiary/aromatic N) is 4. The molecule has 2 aliphatic rings. The summed E-state index contributed by atoms with van der Waals surface area (Å²) >= 11 is 0. The van der Waals surface area contributed by atoms with E-state index in [4.69, 9.17) is 4.74 Å². The number of alkyl halides is 3. The Kier molecular flexibility index (Phi) is 6.71. The Morgan fingerprint density at radius 1 is 1.07 bits per heavy atom. The van der Waals surface area contributed by atoms with Crippen LogP contribution >= 0.6 is 0 Å². The predicted molar refractivity (Wildman–Crippen MR) is 102 cm³/mol. The number of piperidine rings is 2. The summed E-state index contributed by atoms with van der Waals surface area (Å²) < 4.78 is 70.7. The fourth-order valence-electron chi connectivity index (χ4n) is 3.82. The zero-order valence-corrected chi connectivity index (χ0v) is 17.4. The third-order valence-corrected chi connectivity index (χ3v) is 7.50. The van der Waals surface area contributed by atoms with Crippen molar-refractivity contribution in [2.24, 2.45) is 0 Å². The maximum Gasteiger partial charge on any atom is 0.417 e. The first-order valence-corrected chi connectivity index (χ1v) is 11.1. The van der Waals surface area contributed by atoms with E-state index in [1.807, 2.05) is 0 Å². The van der Waals surface area contributed by atoms with Crippen molar-refractivity contribution >= 4 is 10.2 Å². The van der Waals surface area contributed by atoms with E-state index in [-0.39, 0.29) is 12.0 Å². The fraction of sp³-hybridized carbons (Fsp3) is 0.722. The molecule has 29 heavy (non-hydrogen) atoms. The van der Waals surface area contributed by atoms with Crippen LogP contribution in [0.15, 0.2) is 18.3 Å². The van der Waals surface area contributed by atoms with Crippen LogP contribution in [0.4, 0.5) is 13.2 Å². The average Bonchev–Trinajstić information content (AvgIpc) is 2.68. The highest BCUT2D eigenvalue weighted by Gasteiger charge is 2.34. The topological polar surface area (TPSA) is 66.0 Å². The van der Waals surface area contributed by atoms with Crippen LogP contribution in [0, 0.1) is 0 Å². The Balaban J connectivity index is 1.45. The van der Waals surface area contributed by atoms with Gasteiger partial charge in [0.15, 0.2) is 0 Å². The molecule has 11 heteroatoms. The molecule has 7 nitrogen and oxygen atoms in total. The smallest absolute Gasteiger partial charge is 0.417 e. The van der Waals surface area contributed by atoms with Gasteiger partial charge in [-0.3, -0.25) is 0 Å². The van der Waals surface area contributed by atoms with Crippen molar-refractivity contribution in [3.8, 4) is 5.88 Å². The average molecular weight is 437 g/mol. The van der Waals surface area contributed by atoms with E-state index in [0.29, 0.717) is 19.1 Å². The molecule has 0 N–H and O–H groups in total. The Bertz CT molecular complexity index is 771. The number of hydrogen-bond donors (Lipinski definition) is 0. The van der Waals surface area contributed by atoms with Gasteiger partial charge < -0.3 is 9.64 Å². The SMILES string of the molecule is CN(C)S(=O)(=O)N1CCC(N2CCC(Oc3ccc(C(F)(F)F)cn3)CC2)CC1. The van der Waals surface area contributed by atoms with Crippen LogP contribution in [0.25, 0.3) is 0 Å². The van der Waals surface area contributed by atoms with Crippen molar-refractivity contribution in [1.82, 2.24) is 18.5 Å². The molecule has 0 saturated carbocycles. The van der Waals surface area contributed by atoms with E-state index in [1.165, 1.54) is 28.8 Å². The molecule has 1 aromatic heterocycles. The maximum absolute atomic E-state index is 12.6. The van der Waals surface area contributed by atoms with Crippen LogP contribution in [0.5, 0.6) is 5.88 Å². The van der Waals surface area contributed by atoms with Gasteiger partial charge in [0.1, 0.15) is 6.10 Å². The minimum absolute atomic E-state index is 0.0790. The van der Waals surface area contributed by atoms with Crippen LogP contribution in [0.3, 0.4) is 0 Å². The number of rotatable bonds is 5. The van der Waals surface area contributed by atoms with Crippen molar-refractivity contribution in [1.29, 1.82) is 0 Å². The Morgan fingerprint density at radius 3 is 2.17 bits per heavy atom. The van der Waals surface area contributed by atoms with Gasteiger partial charge in [-0.2, -0.15) is 30.2 Å². The lowest BCUT2D eigenvalue weighted by Gasteiger charge is -2.41. The molecule has 3 rings (SSSR count). The maximum atomic E-state index is 12.6. The van der Waals surface area contributed by atoms with Crippen molar-refractivity contribution in [2.45, 2.75) is 44.0 Å². The van der Waals surface area contributed by atoms with E-state index in [1.54, 1.807) is 0 Å². The molecule has 0 unspecified atom stereocenters. The minimum Gasteiger partial charge on any atom is -0.474 e. The van der Waals surface area contributed by atoms with E-state index < -0.39 is 21.9 Å². The van der Waals surface area contributed by atoms with Crippen LogP contribution in [0.2, 0.25) is 0 Å². The third-order valence-electron chi connectivity index (χ3n) is 5.56. The number of aromatic nitrogens is 1. The van der Waals surface area contributed by atoms with Gasteiger partial charge in [-0.05, 0) is 31.7 Å². The summed E-state index contributed by atoms with van der Waals surface area (Å²) in [5.41, 5.74) is -0.790. The Morgan fingerprint density at radius 2 is 1.69 bits per heavy atom. The van der Waals surface area contributed by atoms with Gasteiger partial charge in [-0.1, -0.05) is 0 Å². The predicted octanol–water partition coefficient (Wildman–Crippen LogP) is 2.21. The first-order chi connectivity index (χ1) is 13.6. The summed E-state index contributed by atoms with van der Waals surface area (Å²) in [7, 11) is -0.280. The lowest BCUT2D eigenvalue weighted by atomic mass is 10.00. The van der Waals surface area contributed by atoms with Crippen LogP contribution in [-0.2, 0) is 16.4 Å². The highest BCUT2D eigenvalue weighted by Crippen LogP contribution is 2.30. The van der Waals surface area contributed by atoms with Gasteiger partial charge >= 0.3 is 6.18 Å². The highest BCUT2D eigenvalue weighted by molar-refractivity contribution is 7.86. The zero-order chi connectivity index (χ0) is 21.2. The van der Waals surface area contributed by atoms with Gasteiger partial charge in [0.25, 0.3) is 10.2 Å². The normalized spacial score (nSPS) is 21.6. The lowest BCUT2D eigenvalue weighted by Crippen LogP contribution is -2.51. The first kappa shape index (κ1) is 22.3. The van der Waals surface area contributed by atoms with Gasteiger partial charge in [0.2, 0.25) is 5.88 Å². The molecule has 0 aliphatic carbocycles. The van der Waals surface area contributed by atoms with Gasteiger partial charge in [0.05, 0.1) is 5.56 Å². The second-order valence-electron chi connectivity index (χ2n) is 7.66. The molecule has 3 heterocycles. The summed E-state index contributed by atoms with van der Waals surface area (Å²) in [5, 5.41) is 0. The summed E-state index contributed by atoms with van der Waals surface area (Å²) in [6.45, 7) is 2.65. The monoisotopic (exact) mass is 436 g/mol. The second kappa shape index (κ2) is 8.75. The van der Waals surface area contributed by atoms with E-state index in [2.05, 4.69) is 9.88 Å². The minimum atomic E-state index is -4.40. The Hall–Kier alpha value is -1.43. The summed E-state index contributed by atoms with van der Waals surface area (Å²) in [5.74, 6) is 0.207. The summed E-state index contributed by atoms with van der Waals surface area (Å²) in [6.07, 6.45) is -0.585. The molecule has 0 radical (unpaired) electrons. The molecule has 2 fully saturated rings. The molecule has 0 spiro atoms. The number of hydrogen-bond acceptors (Lipinski definition) is 5. The largest absolute Gasteiger partial charge is 0.474 e. The molecule has 1 aromatic rings. The highest BCUT2D eigenvalue weighted by atomic mass is 32.2. The lowest BCUT2D eigenvalue weighted by molar-refractivity contribution is -0.137. The molecule has 2 saturated heterocycles. The molecular formula is C18H27F3N4O3S. The molecule has 0 aromatic carbocycles. The van der Waals surface area contributed by atoms with Crippen molar-refractivity contribution in [2.75, 3.05) is 40.3 Å². The standard InChI is InChI=1S/C18H27F3N4O3S/c1-23(2)29(26,27)25-11-5-15(6-12-25)24-9-7-16(8-10-24)28-17-4-3-14(13-22-17)18(19,20)21/h3-4,13,15-16H,5-12H2,1-2H3. The molecule has 0 atom stereocenters. The van der Waals surface area contributed by atoms with E-state index in [0.717, 1.165) is 51.0 Å². The van der Waals surface area contributed by atoms with Crippen molar-refractivity contribution in [3.63, 3.8) is 0 Å². The van der Waals surface area contributed by atoms with E-state index in [9.17, 15) is 21.6 Å². The molecule has 0 amide bonds. The molecular weight excluding hydrogens is 409 g/mol. The number of pyridine rings is 1. The van der Waals surface area contributed by atoms with Crippen molar-refractivity contribution in [3.05, 3.63) is 23.9 Å². The van der Waals surface area contributed by atoms with Gasteiger partial charge in [-0.25, -0.2) is 4.98 Å².